The molecule has 23 heavy (non-hydrogen) atoms. The first-order valence-electron chi connectivity index (χ1n) is 7.17. The highest BCUT2D eigenvalue weighted by Crippen LogP contribution is 2.39. The third kappa shape index (κ3) is 4.07. The van der Waals surface area contributed by atoms with E-state index in [1.807, 2.05) is 0 Å². The van der Waals surface area contributed by atoms with Crippen LogP contribution in [-0.2, 0) is 21.1 Å². The average molecular weight is 343 g/mol. The van der Waals surface area contributed by atoms with Gasteiger partial charge in [-0.05, 0) is 12.5 Å². The maximum Gasteiger partial charge on any atom is 0.224 e. The lowest BCUT2D eigenvalue weighted by Crippen LogP contribution is -2.36. The lowest BCUT2D eigenvalue weighted by Gasteiger charge is -2.16. The van der Waals surface area contributed by atoms with Crippen molar-refractivity contribution < 1.29 is 27.4 Å². The molecule has 8 heteroatoms. The molecule has 0 unspecified atom stereocenters. The largest absolute Gasteiger partial charge is 0.493 e. The third-order valence-corrected chi connectivity index (χ3v) is 5.50. The van der Waals surface area contributed by atoms with E-state index in [-0.39, 0.29) is 29.9 Å². The molecule has 0 aliphatic carbocycles. The van der Waals surface area contributed by atoms with E-state index in [0.717, 1.165) is 0 Å². The summed E-state index contributed by atoms with van der Waals surface area (Å²) in [5.41, 5.74) is 0.642. The number of methoxy groups -OCH3 is 3. The second-order valence-corrected chi connectivity index (χ2v) is 7.57. The molecule has 1 saturated heterocycles. The second-order valence-electron chi connectivity index (χ2n) is 5.34. The minimum atomic E-state index is -3.02. The van der Waals surface area contributed by atoms with Gasteiger partial charge in [-0.3, -0.25) is 4.79 Å². The summed E-state index contributed by atoms with van der Waals surface area (Å²) in [5.74, 6) is 1.23. The summed E-state index contributed by atoms with van der Waals surface area (Å²) in [5, 5.41) is 2.75. The molecule has 0 radical (unpaired) electrons. The van der Waals surface area contributed by atoms with Gasteiger partial charge in [0.2, 0.25) is 11.7 Å². The molecule has 128 valence electrons. The van der Waals surface area contributed by atoms with Crippen LogP contribution in [0.3, 0.4) is 0 Å². The van der Waals surface area contributed by atoms with E-state index in [1.54, 1.807) is 12.1 Å². The first-order chi connectivity index (χ1) is 10.9. The van der Waals surface area contributed by atoms with Crippen LogP contribution in [-0.4, -0.2) is 53.2 Å². The molecule has 1 heterocycles. The van der Waals surface area contributed by atoms with E-state index in [9.17, 15) is 13.2 Å². The normalized spacial score (nSPS) is 19.2. The molecule has 1 aromatic carbocycles. The molecule has 2 rings (SSSR count). The number of hydrogen-bond acceptors (Lipinski definition) is 6. The molecule has 1 aliphatic heterocycles. The zero-order chi connectivity index (χ0) is 17.0. The van der Waals surface area contributed by atoms with Crippen molar-refractivity contribution in [2.45, 2.75) is 18.9 Å². The van der Waals surface area contributed by atoms with Crippen molar-refractivity contribution >= 4 is 15.7 Å². The van der Waals surface area contributed by atoms with Crippen molar-refractivity contribution in [1.29, 1.82) is 0 Å². The van der Waals surface area contributed by atoms with Gasteiger partial charge in [-0.1, -0.05) is 6.07 Å². The molecule has 0 bridgehead atoms. The summed E-state index contributed by atoms with van der Waals surface area (Å²) in [4.78, 5) is 12.2. The zero-order valence-corrected chi connectivity index (χ0v) is 14.2. The van der Waals surface area contributed by atoms with E-state index in [0.29, 0.717) is 29.2 Å². The molecule has 1 aromatic rings. The third-order valence-electron chi connectivity index (χ3n) is 3.73. The maximum atomic E-state index is 12.2. The fourth-order valence-electron chi connectivity index (χ4n) is 2.66. The van der Waals surface area contributed by atoms with E-state index in [2.05, 4.69) is 5.32 Å². The number of nitrogens with one attached hydrogen (secondary N) is 1. The Bertz CT molecular complexity index is 685. The van der Waals surface area contributed by atoms with Gasteiger partial charge in [0.1, 0.15) is 0 Å². The standard InChI is InChI=1S/C15H21NO6S/c1-20-12-5-4-10(14(21-2)15(12)22-3)8-13(17)16-11-6-7-23(18,19)9-11/h4-5,11H,6-9H2,1-3H3,(H,16,17)/t11-/m1/s1. The fourth-order valence-corrected chi connectivity index (χ4v) is 4.34. The van der Waals surface area contributed by atoms with Crippen LogP contribution in [0.25, 0.3) is 0 Å². The summed E-state index contributed by atoms with van der Waals surface area (Å²) in [7, 11) is 1.48. The molecule has 1 fully saturated rings. The second kappa shape index (κ2) is 7.08. The molecule has 0 saturated carbocycles. The number of amides is 1. The average Bonchev–Trinajstić information content (AvgIpc) is 2.85. The minimum absolute atomic E-state index is 0.00179. The summed E-state index contributed by atoms with van der Waals surface area (Å²) in [6.45, 7) is 0. The molecule has 7 nitrogen and oxygen atoms in total. The van der Waals surface area contributed by atoms with Crippen LogP contribution in [0.15, 0.2) is 12.1 Å². The Balaban J connectivity index is 2.12. The zero-order valence-electron chi connectivity index (χ0n) is 13.4. The molecule has 1 atom stereocenters. The molecule has 0 spiro atoms. The lowest BCUT2D eigenvalue weighted by atomic mass is 10.1. The van der Waals surface area contributed by atoms with Crippen LogP contribution in [0.1, 0.15) is 12.0 Å². The predicted molar refractivity (Wildman–Crippen MR) is 85.0 cm³/mol. The van der Waals surface area contributed by atoms with Gasteiger partial charge in [0.15, 0.2) is 21.3 Å². The maximum absolute atomic E-state index is 12.2. The van der Waals surface area contributed by atoms with Gasteiger partial charge in [-0.15, -0.1) is 0 Å². The molecule has 1 amide bonds. The van der Waals surface area contributed by atoms with Crippen molar-refractivity contribution in [2.24, 2.45) is 0 Å². The van der Waals surface area contributed by atoms with Gasteiger partial charge >= 0.3 is 0 Å². The highest BCUT2D eigenvalue weighted by atomic mass is 32.2. The summed E-state index contributed by atoms with van der Waals surface area (Å²) in [6, 6.07) is 3.11. The van der Waals surface area contributed by atoms with Crippen molar-refractivity contribution in [3.8, 4) is 17.2 Å². The van der Waals surface area contributed by atoms with Crippen molar-refractivity contribution in [3.05, 3.63) is 17.7 Å². The quantitative estimate of drug-likeness (QED) is 0.811. The Morgan fingerprint density at radius 2 is 1.87 bits per heavy atom. The Morgan fingerprint density at radius 3 is 2.39 bits per heavy atom. The van der Waals surface area contributed by atoms with E-state index >= 15 is 0 Å². The topological polar surface area (TPSA) is 90.9 Å². The Kier molecular flexibility index (Phi) is 5.35. The SMILES string of the molecule is COc1ccc(CC(=O)N[C@@H]2CCS(=O)(=O)C2)c(OC)c1OC. The van der Waals surface area contributed by atoms with E-state index in [1.165, 1.54) is 21.3 Å². The predicted octanol–water partition coefficient (Wildman–Crippen LogP) is 0.558. The van der Waals surface area contributed by atoms with Gasteiger partial charge in [-0.2, -0.15) is 0 Å². The summed E-state index contributed by atoms with van der Waals surface area (Å²) < 4.78 is 38.7. The number of sulfone groups is 1. The van der Waals surface area contributed by atoms with Gasteiger partial charge in [0.05, 0.1) is 39.3 Å². The highest BCUT2D eigenvalue weighted by molar-refractivity contribution is 7.91. The number of rotatable bonds is 6. The van der Waals surface area contributed by atoms with Crippen LogP contribution in [0.2, 0.25) is 0 Å². The van der Waals surface area contributed by atoms with Crippen molar-refractivity contribution in [3.63, 3.8) is 0 Å². The fraction of sp³-hybridized carbons (Fsp3) is 0.533. The first-order valence-corrected chi connectivity index (χ1v) is 9.00. The number of benzene rings is 1. The highest BCUT2D eigenvalue weighted by Gasteiger charge is 2.29. The van der Waals surface area contributed by atoms with Gasteiger partial charge in [-0.25, -0.2) is 8.42 Å². The van der Waals surface area contributed by atoms with Crippen LogP contribution in [0.4, 0.5) is 0 Å². The number of hydrogen-bond donors (Lipinski definition) is 1. The summed E-state index contributed by atoms with van der Waals surface area (Å²) in [6.07, 6.45) is 0.525. The number of carbonyl (C=O) groups is 1. The summed E-state index contributed by atoms with van der Waals surface area (Å²) >= 11 is 0. The monoisotopic (exact) mass is 343 g/mol. The Morgan fingerprint density at radius 1 is 1.17 bits per heavy atom. The van der Waals surface area contributed by atoms with Crippen molar-refractivity contribution in [2.75, 3.05) is 32.8 Å². The Hall–Kier alpha value is -1.96. The lowest BCUT2D eigenvalue weighted by molar-refractivity contribution is -0.121. The van der Waals surface area contributed by atoms with Crippen LogP contribution in [0, 0.1) is 0 Å². The van der Waals surface area contributed by atoms with Gasteiger partial charge in [0, 0.05) is 11.6 Å². The van der Waals surface area contributed by atoms with Crippen LogP contribution >= 0.6 is 0 Å². The van der Waals surface area contributed by atoms with E-state index in [4.69, 9.17) is 14.2 Å². The van der Waals surface area contributed by atoms with Gasteiger partial charge in [0.25, 0.3) is 0 Å². The smallest absolute Gasteiger partial charge is 0.224 e. The molecular formula is C15H21NO6S. The molecule has 0 aromatic heterocycles. The van der Waals surface area contributed by atoms with Gasteiger partial charge < -0.3 is 19.5 Å². The number of ether oxygens (including phenoxy) is 3. The molecule has 1 N–H and O–H groups in total. The van der Waals surface area contributed by atoms with Crippen LogP contribution < -0.4 is 19.5 Å². The molecule has 1 aliphatic rings. The number of carbonyl (C=O) groups excluding carboxylic acids is 1. The minimum Gasteiger partial charge on any atom is -0.493 e. The van der Waals surface area contributed by atoms with E-state index < -0.39 is 9.84 Å². The first kappa shape index (κ1) is 17.4. The molecular weight excluding hydrogens is 322 g/mol. The van der Waals surface area contributed by atoms with Crippen LogP contribution in [0.5, 0.6) is 17.2 Å². The Labute approximate surface area is 135 Å². The van der Waals surface area contributed by atoms with Crippen molar-refractivity contribution in [1.82, 2.24) is 5.32 Å².